The van der Waals surface area contributed by atoms with E-state index in [1.165, 1.54) is 57.8 Å². The minimum atomic E-state index is 0.281. The number of unbranched alkanes of at least 4 members (excludes halogenated alkanes) is 3. The molecule has 0 atom stereocenters. The lowest BCUT2D eigenvalue weighted by molar-refractivity contribution is -0.122. The van der Waals surface area contributed by atoms with Gasteiger partial charge in [-0.2, -0.15) is 0 Å². The number of rotatable bonds is 6. The molecule has 0 heterocycles. The Morgan fingerprint density at radius 2 is 1.75 bits per heavy atom. The number of nitrogens with one attached hydrogen (secondary N) is 1. The van der Waals surface area contributed by atoms with Gasteiger partial charge in [-0.05, 0) is 19.3 Å². The van der Waals surface area contributed by atoms with Crippen molar-refractivity contribution in [2.45, 2.75) is 83.6 Å². The average molecular weight is 225 g/mol. The Hall–Kier alpha value is -0.530. The summed E-state index contributed by atoms with van der Waals surface area (Å²) >= 11 is 0. The largest absolute Gasteiger partial charge is 0.353 e. The van der Waals surface area contributed by atoms with Gasteiger partial charge in [0, 0.05) is 12.5 Å². The number of hydrogen-bond acceptors (Lipinski definition) is 1. The van der Waals surface area contributed by atoms with Crippen LogP contribution in [-0.2, 0) is 4.79 Å². The van der Waals surface area contributed by atoms with E-state index < -0.39 is 0 Å². The molecule has 0 spiro atoms. The second-order valence-corrected chi connectivity index (χ2v) is 5.07. The van der Waals surface area contributed by atoms with Crippen LogP contribution >= 0.6 is 0 Å². The van der Waals surface area contributed by atoms with Crippen molar-refractivity contribution in [1.82, 2.24) is 5.32 Å². The van der Waals surface area contributed by atoms with Gasteiger partial charge >= 0.3 is 0 Å². The van der Waals surface area contributed by atoms with E-state index in [0.29, 0.717) is 6.04 Å². The smallest absolute Gasteiger partial charge is 0.220 e. The monoisotopic (exact) mass is 225 g/mol. The third kappa shape index (κ3) is 6.14. The fourth-order valence-corrected chi connectivity index (χ4v) is 2.44. The maximum Gasteiger partial charge on any atom is 0.220 e. The van der Waals surface area contributed by atoms with Crippen LogP contribution in [0.4, 0.5) is 0 Å². The van der Waals surface area contributed by atoms with Crippen LogP contribution in [0.5, 0.6) is 0 Å². The molecule has 1 fully saturated rings. The lowest BCUT2D eigenvalue weighted by Crippen LogP contribution is -2.34. The molecule has 0 aromatic rings. The maximum atomic E-state index is 11.7. The van der Waals surface area contributed by atoms with Crippen molar-refractivity contribution in [1.29, 1.82) is 0 Å². The van der Waals surface area contributed by atoms with Gasteiger partial charge in [-0.15, -0.1) is 0 Å². The van der Waals surface area contributed by atoms with E-state index in [4.69, 9.17) is 0 Å². The molecule has 1 amide bonds. The zero-order valence-electron chi connectivity index (χ0n) is 10.8. The Balaban J connectivity index is 2.07. The Labute approximate surface area is 100 Å². The van der Waals surface area contributed by atoms with Gasteiger partial charge in [-0.1, -0.05) is 51.9 Å². The summed E-state index contributed by atoms with van der Waals surface area (Å²) in [5, 5.41) is 3.20. The zero-order valence-corrected chi connectivity index (χ0v) is 10.8. The summed E-state index contributed by atoms with van der Waals surface area (Å²) in [4.78, 5) is 11.7. The Kier molecular flexibility index (Phi) is 7.28. The highest BCUT2D eigenvalue weighted by molar-refractivity contribution is 5.76. The molecule has 0 radical (unpaired) electrons. The quantitative estimate of drug-likeness (QED) is 0.540. The Morgan fingerprint density at radius 3 is 2.38 bits per heavy atom. The van der Waals surface area contributed by atoms with Crippen molar-refractivity contribution in [3.8, 4) is 0 Å². The van der Waals surface area contributed by atoms with Crippen LogP contribution in [0.25, 0.3) is 0 Å². The van der Waals surface area contributed by atoms with Crippen LogP contribution in [0.3, 0.4) is 0 Å². The van der Waals surface area contributed by atoms with E-state index in [2.05, 4.69) is 12.2 Å². The number of amides is 1. The first kappa shape index (κ1) is 13.5. The molecular weight excluding hydrogens is 198 g/mol. The highest BCUT2D eigenvalue weighted by atomic mass is 16.1. The standard InChI is InChI=1S/C14H27NO/c1-2-3-4-9-12-14(16)15-13-10-7-5-6-8-11-13/h13H,2-12H2,1H3,(H,15,16). The molecule has 2 heteroatoms. The molecule has 1 aliphatic rings. The average Bonchev–Trinajstić information content (AvgIpc) is 2.53. The Bertz CT molecular complexity index is 183. The minimum absolute atomic E-state index is 0.281. The first-order chi connectivity index (χ1) is 7.83. The molecule has 0 saturated heterocycles. The molecule has 94 valence electrons. The summed E-state index contributed by atoms with van der Waals surface area (Å²) in [6.07, 6.45) is 13.2. The van der Waals surface area contributed by atoms with Gasteiger partial charge in [0.15, 0.2) is 0 Å². The summed E-state index contributed by atoms with van der Waals surface area (Å²) in [6.45, 7) is 2.20. The van der Waals surface area contributed by atoms with Crippen molar-refractivity contribution < 1.29 is 4.79 Å². The predicted octanol–water partition coefficient (Wildman–Crippen LogP) is 3.80. The Morgan fingerprint density at radius 1 is 1.06 bits per heavy atom. The molecule has 0 aromatic heterocycles. The normalized spacial score (nSPS) is 18.1. The van der Waals surface area contributed by atoms with Crippen molar-refractivity contribution in [3.05, 3.63) is 0 Å². The van der Waals surface area contributed by atoms with Crippen molar-refractivity contribution in [2.75, 3.05) is 0 Å². The number of carbonyl (C=O) groups is 1. The van der Waals surface area contributed by atoms with Crippen molar-refractivity contribution in [3.63, 3.8) is 0 Å². The molecule has 1 N–H and O–H groups in total. The molecule has 1 aliphatic carbocycles. The lowest BCUT2D eigenvalue weighted by Gasteiger charge is -2.16. The van der Waals surface area contributed by atoms with E-state index in [1.54, 1.807) is 0 Å². The van der Waals surface area contributed by atoms with Crippen molar-refractivity contribution in [2.24, 2.45) is 0 Å². The van der Waals surface area contributed by atoms with E-state index in [-0.39, 0.29) is 5.91 Å². The van der Waals surface area contributed by atoms with Gasteiger partial charge in [0.05, 0.1) is 0 Å². The predicted molar refractivity (Wildman–Crippen MR) is 68.4 cm³/mol. The number of hydrogen-bond donors (Lipinski definition) is 1. The van der Waals surface area contributed by atoms with Crippen LogP contribution < -0.4 is 5.32 Å². The molecule has 0 bridgehead atoms. The zero-order chi connectivity index (χ0) is 11.6. The summed E-state index contributed by atoms with van der Waals surface area (Å²) < 4.78 is 0. The van der Waals surface area contributed by atoms with Gasteiger partial charge in [0.1, 0.15) is 0 Å². The van der Waals surface area contributed by atoms with E-state index in [1.807, 2.05) is 0 Å². The highest BCUT2D eigenvalue weighted by Gasteiger charge is 2.13. The summed E-state index contributed by atoms with van der Waals surface area (Å²) in [5.41, 5.74) is 0. The second kappa shape index (κ2) is 8.60. The van der Waals surface area contributed by atoms with Crippen molar-refractivity contribution >= 4 is 5.91 Å². The van der Waals surface area contributed by atoms with Crippen LogP contribution in [0.1, 0.15) is 77.6 Å². The minimum Gasteiger partial charge on any atom is -0.353 e. The first-order valence-corrected chi connectivity index (χ1v) is 7.12. The highest BCUT2D eigenvalue weighted by Crippen LogP contribution is 2.17. The van der Waals surface area contributed by atoms with Gasteiger partial charge in [0.25, 0.3) is 0 Å². The van der Waals surface area contributed by atoms with E-state index in [9.17, 15) is 4.79 Å². The van der Waals surface area contributed by atoms with E-state index in [0.717, 1.165) is 12.8 Å². The molecule has 2 nitrogen and oxygen atoms in total. The molecule has 0 aliphatic heterocycles. The fraction of sp³-hybridized carbons (Fsp3) is 0.929. The fourth-order valence-electron chi connectivity index (χ4n) is 2.44. The summed E-state index contributed by atoms with van der Waals surface area (Å²) in [6, 6.07) is 0.473. The van der Waals surface area contributed by atoms with Crippen LogP contribution in [-0.4, -0.2) is 11.9 Å². The van der Waals surface area contributed by atoms with Gasteiger partial charge in [0.2, 0.25) is 5.91 Å². The van der Waals surface area contributed by atoms with Crippen LogP contribution in [0.15, 0.2) is 0 Å². The third-order valence-electron chi connectivity index (χ3n) is 3.48. The summed E-state index contributed by atoms with van der Waals surface area (Å²) in [7, 11) is 0. The maximum absolute atomic E-state index is 11.7. The molecule has 0 aromatic carbocycles. The third-order valence-corrected chi connectivity index (χ3v) is 3.48. The van der Waals surface area contributed by atoms with Gasteiger partial charge in [-0.25, -0.2) is 0 Å². The van der Waals surface area contributed by atoms with Crippen LogP contribution in [0.2, 0.25) is 0 Å². The molecular formula is C14H27NO. The topological polar surface area (TPSA) is 29.1 Å². The van der Waals surface area contributed by atoms with Gasteiger partial charge < -0.3 is 5.32 Å². The molecule has 1 saturated carbocycles. The molecule has 16 heavy (non-hydrogen) atoms. The molecule has 0 unspecified atom stereocenters. The lowest BCUT2D eigenvalue weighted by atomic mass is 10.1. The first-order valence-electron chi connectivity index (χ1n) is 7.12. The SMILES string of the molecule is CCCCCCC(=O)NC1CCCCCC1. The van der Waals surface area contributed by atoms with Crippen LogP contribution in [0, 0.1) is 0 Å². The second-order valence-electron chi connectivity index (χ2n) is 5.07. The summed E-state index contributed by atoms with van der Waals surface area (Å²) in [5.74, 6) is 0.281. The van der Waals surface area contributed by atoms with Gasteiger partial charge in [-0.3, -0.25) is 4.79 Å². The number of carbonyl (C=O) groups excluding carboxylic acids is 1. The van der Waals surface area contributed by atoms with E-state index >= 15 is 0 Å². The molecule has 1 rings (SSSR count).